The second-order valence-corrected chi connectivity index (χ2v) is 5.96. The summed E-state index contributed by atoms with van der Waals surface area (Å²) in [5, 5.41) is 6.79. The van der Waals surface area contributed by atoms with Gasteiger partial charge in [0, 0.05) is 44.4 Å². The molecule has 0 saturated carbocycles. The first-order chi connectivity index (χ1) is 12.7. The van der Waals surface area contributed by atoms with Crippen LogP contribution < -0.4 is 20.1 Å². The first-order valence-corrected chi connectivity index (χ1v) is 9.12. The van der Waals surface area contributed by atoms with Crippen molar-refractivity contribution in [2.75, 3.05) is 37.4 Å². The smallest absolute Gasteiger partial charge is 0.226 e. The fourth-order valence-corrected chi connectivity index (χ4v) is 3.13. The van der Waals surface area contributed by atoms with Crippen molar-refractivity contribution in [3.05, 3.63) is 34.9 Å². The minimum atomic E-state index is 0.627. The Hall–Kier alpha value is -2.76. The molecule has 0 amide bonds. The van der Waals surface area contributed by atoms with Crippen LogP contribution in [-0.4, -0.2) is 37.9 Å². The standard InChI is InChI=1S/C20H26N4O2/c1-5-22-18-15-10-13-8-9-14(25-7-3)11-17(13)26-20(15)24-19(23-6-2)16(18)12-21-4/h8-9,11-12H,5-7,10H2,1-4H3,(H2,22,23,24). The second kappa shape index (κ2) is 8.08. The summed E-state index contributed by atoms with van der Waals surface area (Å²) in [6.45, 7) is 8.31. The third-order valence-electron chi connectivity index (χ3n) is 4.18. The molecule has 26 heavy (non-hydrogen) atoms. The summed E-state index contributed by atoms with van der Waals surface area (Å²) in [5.41, 5.74) is 4.17. The maximum Gasteiger partial charge on any atom is 0.226 e. The number of aromatic nitrogens is 1. The number of benzene rings is 1. The van der Waals surface area contributed by atoms with Gasteiger partial charge in [-0.25, -0.2) is 0 Å². The number of anilines is 2. The molecule has 1 aliphatic rings. The van der Waals surface area contributed by atoms with Gasteiger partial charge in [0.2, 0.25) is 5.88 Å². The fraction of sp³-hybridized carbons (Fsp3) is 0.400. The quantitative estimate of drug-likeness (QED) is 0.626. The first kappa shape index (κ1) is 18.0. The van der Waals surface area contributed by atoms with Gasteiger partial charge in [-0.2, -0.15) is 4.98 Å². The van der Waals surface area contributed by atoms with Gasteiger partial charge in [0.25, 0.3) is 0 Å². The van der Waals surface area contributed by atoms with Crippen molar-refractivity contribution in [2.45, 2.75) is 27.2 Å². The van der Waals surface area contributed by atoms with Crippen LogP contribution in [0.15, 0.2) is 23.2 Å². The van der Waals surface area contributed by atoms with Gasteiger partial charge in [-0.05, 0) is 32.4 Å². The van der Waals surface area contributed by atoms with Crippen LogP contribution >= 0.6 is 0 Å². The number of aliphatic imine (C=N–C) groups is 1. The predicted molar refractivity (Wildman–Crippen MR) is 107 cm³/mol. The van der Waals surface area contributed by atoms with Crippen molar-refractivity contribution in [3.63, 3.8) is 0 Å². The molecule has 138 valence electrons. The average Bonchev–Trinajstić information content (AvgIpc) is 2.63. The molecule has 2 heterocycles. The van der Waals surface area contributed by atoms with Crippen LogP contribution in [0.3, 0.4) is 0 Å². The Morgan fingerprint density at radius 1 is 1.23 bits per heavy atom. The van der Waals surface area contributed by atoms with E-state index in [2.05, 4.69) is 28.6 Å². The Labute approximate surface area is 154 Å². The Kier molecular flexibility index (Phi) is 5.61. The molecular formula is C20H26N4O2. The summed E-state index contributed by atoms with van der Waals surface area (Å²) in [4.78, 5) is 8.95. The summed E-state index contributed by atoms with van der Waals surface area (Å²) in [7, 11) is 1.77. The van der Waals surface area contributed by atoms with Crippen molar-refractivity contribution in [1.82, 2.24) is 4.98 Å². The van der Waals surface area contributed by atoms with Gasteiger partial charge in [0.1, 0.15) is 17.3 Å². The zero-order valence-corrected chi connectivity index (χ0v) is 15.8. The topological polar surface area (TPSA) is 67.8 Å². The highest BCUT2D eigenvalue weighted by atomic mass is 16.5. The zero-order chi connectivity index (χ0) is 18.5. The second-order valence-electron chi connectivity index (χ2n) is 5.96. The molecule has 6 heteroatoms. The molecule has 0 bridgehead atoms. The summed E-state index contributed by atoms with van der Waals surface area (Å²) in [5.74, 6) is 3.02. The molecule has 2 aromatic rings. The van der Waals surface area contributed by atoms with Gasteiger partial charge >= 0.3 is 0 Å². The number of nitrogens with one attached hydrogen (secondary N) is 2. The molecule has 1 aromatic heterocycles. The van der Waals surface area contributed by atoms with Crippen LogP contribution in [0.1, 0.15) is 37.5 Å². The van der Waals surface area contributed by atoms with E-state index in [1.807, 2.05) is 32.2 Å². The monoisotopic (exact) mass is 354 g/mol. The summed E-state index contributed by atoms with van der Waals surface area (Å²) < 4.78 is 11.7. The number of nitrogens with zero attached hydrogens (tertiary/aromatic N) is 2. The van der Waals surface area contributed by atoms with Crippen molar-refractivity contribution in [2.24, 2.45) is 4.99 Å². The summed E-state index contributed by atoms with van der Waals surface area (Å²) in [6, 6.07) is 5.98. The van der Waals surface area contributed by atoms with Crippen LogP contribution in [0.25, 0.3) is 0 Å². The van der Waals surface area contributed by atoms with E-state index in [9.17, 15) is 0 Å². The lowest BCUT2D eigenvalue weighted by Crippen LogP contribution is -2.15. The maximum atomic E-state index is 6.16. The highest BCUT2D eigenvalue weighted by Crippen LogP contribution is 2.43. The highest BCUT2D eigenvalue weighted by Gasteiger charge is 2.25. The Bertz CT molecular complexity index is 818. The number of hydrogen-bond donors (Lipinski definition) is 2. The molecule has 1 aliphatic heterocycles. The number of fused-ring (bicyclic) bond motifs is 2. The van der Waals surface area contributed by atoms with Gasteiger partial charge < -0.3 is 20.1 Å². The van der Waals surface area contributed by atoms with E-state index in [1.54, 1.807) is 7.05 Å². The van der Waals surface area contributed by atoms with Crippen LogP contribution in [-0.2, 0) is 6.42 Å². The van der Waals surface area contributed by atoms with Gasteiger partial charge in [-0.3, -0.25) is 4.99 Å². The predicted octanol–water partition coefficient (Wildman–Crippen LogP) is 4.09. The molecular weight excluding hydrogens is 328 g/mol. The molecule has 0 aliphatic carbocycles. The van der Waals surface area contributed by atoms with Gasteiger partial charge in [-0.1, -0.05) is 6.07 Å². The van der Waals surface area contributed by atoms with Gasteiger partial charge in [-0.15, -0.1) is 0 Å². The van der Waals surface area contributed by atoms with E-state index in [-0.39, 0.29) is 0 Å². The molecule has 0 saturated heterocycles. The van der Waals surface area contributed by atoms with Crippen LogP contribution in [0.4, 0.5) is 11.5 Å². The largest absolute Gasteiger partial charge is 0.494 e. The van der Waals surface area contributed by atoms with Crippen molar-refractivity contribution >= 4 is 17.7 Å². The number of rotatable bonds is 7. The minimum absolute atomic E-state index is 0.627. The summed E-state index contributed by atoms with van der Waals surface area (Å²) >= 11 is 0. The molecule has 0 unspecified atom stereocenters. The van der Waals surface area contributed by atoms with Crippen LogP contribution in [0, 0.1) is 0 Å². The molecule has 3 rings (SSSR count). The lowest BCUT2D eigenvalue weighted by atomic mass is 9.98. The Balaban J connectivity index is 2.10. The third-order valence-corrected chi connectivity index (χ3v) is 4.18. The van der Waals surface area contributed by atoms with E-state index in [0.717, 1.165) is 59.2 Å². The van der Waals surface area contributed by atoms with E-state index >= 15 is 0 Å². The van der Waals surface area contributed by atoms with Crippen LogP contribution in [0.2, 0.25) is 0 Å². The van der Waals surface area contributed by atoms with E-state index < -0.39 is 0 Å². The Morgan fingerprint density at radius 2 is 2.04 bits per heavy atom. The number of pyridine rings is 1. The molecule has 2 N–H and O–H groups in total. The first-order valence-electron chi connectivity index (χ1n) is 9.12. The van der Waals surface area contributed by atoms with Crippen molar-refractivity contribution in [1.29, 1.82) is 0 Å². The molecule has 1 aromatic carbocycles. The van der Waals surface area contributed by atoms with E-state index in [0.29, 0.717) is 12.5 Å². The van der Waals surface area contributed by atoms with E-state index in [4.69, 9.17) is 14.5 Å². The number of ether oxygens (including phenoxy) is 2. The van der Waals surface area contributed by atoms with Gasteiger partial charge in [0.15, 0.2) is 0 Å². The lowest BCUT2D eigenvalue weighted by molar-refractivity contribution is 0.337. The molecule has 0 fully saturated rings. The summed E-state index contributed by atoms with van der Waals surface area (Å²) in [6.07, 6.45) is 2.60. The number of hydrogen-bond acceptors (Lipinski definition) is 6. The van der Waals surface area contributed by atoms with Gasteiger partial charge in [0.05, 0.1) is 17.9 Å². The van der Waals surface area contributed by atoms with Crippen LogP contribution in [0.5, 0.6) is 17.4 Å². The molecule has 0 atom stereocenters. The highest BCUT2D eigenvalue weighted by molar-refractivity contribution is 5.95. The molecule has 0 spiro atoms. The SMILES string of the molecule is CCNc1nc2c(c(NCC)c1C=NC)Cc1ccc(OCC)cc1O2. The zero-order valence-electron chi connectivity index (χ0n) is 15.8. The Morgan fingerprint density at radius 3 is 2.73 bits per heavy atom. The molecule has 6 nitrogen and oxygen atoms in total. The van der Waals surface area contributed by atoms with Crippen molar-refractivity contribution in [3.8, 4) is 17.4 Å². The molecule has 0 radical (unpaired) electrons. The third kappa shape index (κ3) is 3.45. The fourth-order valence-electron chi connectivity index (χ4n) is 3.13. The lowest BCUT2D eigenvalue weighted by Gasteiger charge is -2.25. The normalized spacial score (nSPS) is 12.3. The van der Waals surface area contributed by atoms with E-state index in [1.165, 1.54) is 0 Å². The average molecular weight is 354 g/mol. The maximum absolute atomic E-state index is 6.16. The minimum Gasteiger partial charge on any atom is -0.494 e. The van der Waals surface area contributed by atoms with Crippen molar-refractivity contribution < 1.29 is 9.47 Å².